The van der Waals surface area contributed by atoms with Crippen LogP contribution in [-0.2, 0) is 11.2 Å². The quantitative estimate of drug-likeness (QED) is 0.814. The van der Waals surface area contributed by atoms with E-state index in [0.717, 1.165) is 17.8 Å². The minimum Gasteiger partial charge on any atom is -0.368 e. The van der Waals surface area contributed by atoms with Crippen LogP contribution in [0.1, 0.15) is 36.5 Å². The third-order valence-corrected chi connectivity index (χ3v) is 4.47. The number of nitrogens with zero attached hydrogens (tertiary/aromatic N) is 3. The monoisotopic (exact) mass is 367 g/mol. The van der Waals surface area contributed by atoms with Crippen LogP contribution < -0.4 is 16.0 Å². The Morgan fingerprint density at radius 2 is 2.04 bits per heavy atom. The predicted octanol–water partition coefficient (Wildman–Crippen LogP) is 2.04. The number of benzene rings is 1. The van der Waals surface area contributed by atoms with Gasteiger partial charge in [0.2, 0.25) is 11.9 Å². The maximum Gasteiger partial charge on any atom is 0.270 e. The molecule has 1 atom stereocenters. The van der Waals surface area contributed by atoms with Crippen LogP contribution in [0.4, 0.5) is 11.6 Å². The van der Waals surface area contributed by atoms with Gasteiger partial charge in [-0.15, -0.1) is 0 Å². The molecule has 0 radical (unpaired) electrons. The summed E-state index contributed by atoms with van der Waals surface area (Å²) in [6, 6.07) is 11.2. The zero-order chi connectivity index (χ0) is 19.4. The van der Waals surface area contributed by atoms with Crippen molar-refractivity contribution >= 4 is 23.5 Å². The average molecular weight is 367 g/mol. The van der Waals surface area contributed by atoms with Crippen LogP contribution in [0, 0.1) is 11.8 Å². The Labute approximate surface area is 159 Å². The van der Waals surface area contributed by atoms with Crippen LogP contribution >= 0.6 is 0 Å². The number of nitrogen functional groups attached to an aromatic ring is 1. The van der Waals surface area contributed by atoms with Gasteiger partial charge in [0.25, 0.3) is 5.91 Å². The highest BCUT2D eigenvalue weighted by molar-refractivity contribution is 5.96. The highest BCUT2D eigenvalue weighted by Crippen LogP contribution is 2.24. The van der Waals surface area contributed by atoms with Crippen molar-refractivity contribution in [3.63, 3.8) is 0 Å². The number of carbonyl (C=O) groups is 2. The number of para-hydroxylation sites is 1. The molecule has 1 fully saturated rings. The second-order valence-electron chi connectivity index (χ2n) is 7.32. The summed E-state index contributed by atoms with van der Waals surface area (Å²) in [5.74, 6) is 0.356. The molecule has 1 aliphatic heterocycles. The van der Waals surface area contributed by atoms with E-state index in [-0.39, 0.29) is 29.4 Å². The van der Waals surface area contributed by atoms with Crippen molar-refractivity contribution in [2.24, 2.45) is 11.8 Å². The van der Waals surface area contributed by atoms with Gasteiger partial charge in [-0.1, -0.05) is 32.0 Å². The SMILES string of the molecule is CC(C)Cc1cc(C(=O)NCC2CC(=O)N(c3ccccc3)C2)nc(N)n1. The Bertz CT molecular complexity index is 822. The van der Waals surface area contributed by atoms with Crippen molar-refractivity contribution in [1.82, 2.24) is 15.3 Å². The highest BCUT2D eigenvalue weighted by Gasteiger charge is 2.30. The van der Waals surface area contributed by atoms with E-state index in [9.17, 15) is 9.59 Å². The van der Waals surface area contributed by atoms with Crippen molar-refractivity contribution in [3.8, 4) is 0 Å². The van der Waals surface area contributed by atoms with E-state index >= 15 is 0 Å². The molecule has 142 valence electrons. The van der Waals surface area contributed by atoms with Crippen LogP contribution in [-0.4, -0.2) is 34.9 Å². The lowest BCUT2D eigenvalue weighted by Crippen LogP contribution is -2.32. The number of hydrogen-bond donors (Lipinski definition) is 2. The van der Waals surface area contributed by atoms with E-state index in [0.29, 0.717) is 25.4 Å². The van der Waals surface area contributed by atoms with Gasteiger partial charge in [-0.05, 0) is 30.5 Å². The molecule has 1 aromatic heterocycles. The van der Waals surface area contributed by atoms with Gasteiger partial charge >= 0.3 is 0 Å². The molecule has 0 saturated carbocycles. The van der Waals surface area contributed by atoms with Crippen molar-refractivity contribution in [1.29, 1.82) is 0 Å². The molecule has 0 spiro atoms. The number of nitrogens with two attached hydrogens (primary N) is 1. The largest absolute Gasteiger partial charge is 0.368 e. The number of rotatable bonds is 6. The molecule has 1 aliphatic rings. The lowest BCUT2D eigenvalue weighted by molar-refractivity contribution is -0.117. The summed E-state index contributed by atoms with van der Waals surface area (Å²) in [7, 11) is 0. The molecule has 27 heavy (non-hydrogen) atoms. The zero-order valence-corrected chi connectivity index (χ0v) is 15.7. The number of aromatic nitrogens is 2. The molecule has 3 rings (SSSR count). The van der Waals surface area contributed by atoms with E-state index < -0.39 is 0 Å². The topological polar surface area (TPSA) is 101 Å². The number of hydrogen-bond acceptors (Lipinski definition) is 5. The molecule has 0 aliphatic carbocycles. The van der Waals surface area contributed by atoms with E-state index in [1.54, 1.807) is 11.0 Å². The first-order chi connectivity index (χ1) is 12.9. The normalized spacial score (nSPS) is 16.8. The molecule has 7 nitrogen and oxygen atoms in total. The lowest BCUT2D eigenvalue weighted by Gasteiger charge is -2.17. The summed E-state index contributed by atoms with van der Waals surface area (Å²) < 4.78 is 0. The van der Waals surface area contributed by atoms with Gasteiger partial charge in [0.15, 0.2) is 0 Å². The van der Waals surface area contributed by atoms with Crippen molar-refractivity contribution in [3.05, 3.63) is 47.8 Å². The standard InChI is InChI=1S/C20H25N5O2/c1-13(2)8-15-10-17(24-20(21)23-15)19(27)22-11-14-9-18(26)25(12-14)16-6-4-3-5-7-16/h3-7,10,13-14H,8-9,11-12H2,1-2H3,(H,22,27)(H2,21,23,24). The molecule has 0 bridgehead atoms. The molecule has 2 aromatic rings. The molecule has 1 saturated heterocycles. The van der Waals surface area contributed by atoms with E-state index in [2.05, 4.69) is 29.1 Å². The summed E-state index contributed by atoms with van der Waals surface area (Å²) in [5.41, 5.74) is 7.65. The Morgan fingerprint density at radius 3 is 2.74 bits per heavy atom. The van der Waals surface area contributed by atoms with Crippen molar-refractivity contribution in [2.75, 3.05) is 23.7 Å². The van der Waals surface area contributed by atoms with Crippen LogP contribution in [0.5, 0.6) is 0 Å². The van der Waals surface area contributed by atoms with Gasteiger partial charge in [0, 0.05) is 36.8 Å². The van der Waals surface area contributed by atoms with E-state index in [4.69, 9.17) is 5.73 Å². The van der Waals surface area contributed by atoms with Gasteiger partial charge < -0.3 is 16.0 Å². The van der Waals surface area contributed by atoms with E-state index in [1.807, 2.05) is 30.3 Å². The first-order valence-electron chi connectivity index (χ1n) is 9.19. The third-order valence-electron chi connectivity index (χ3n) is 4.47. The minimum absolute atomic E-state index is 0.0657. The number of anilines is 2. The van der Waals surface area contributed by atoms with Crippen LogP contribution in [0.25, 0.3) is 0 Å². The number of amides is 2. The van der Waals surface area contributed by atoms with Crippen LogP contribution in [0.2, 0.25) is 0 Å². The first kappa shape index (κ1) is 18.8. The lowest BCUT2D eigenvalue weighted by atomic mass is 10.1. The molecule has 2 heterocycles. The Morgan fingerprint density at radius 1 is 1.30 bits per heavy atom. The Hall–Kier alpha value is -2.96. The van der Waals surface area contributed by atoms with Crippen molar-refractivity contribution in [2.45, 2.75) is 26.7 Å². The average Bonchev–Trinajstić information content (AvgIpc) is 3.00. The first-order valence-corrected chi connectivity index (χ1v) is 9.19. The summed E-state index contributed by atoms with van der Waals surface area (Å²) >= 11 is 0. The molecular weight excluding hydrogens is 342 g/mol. The Kier molecular flexibility index (Phi) is 5.69. The summed E-state index contributed by atoms with van der Waals surface area (Å²) in [6.07, 6.45) is 1.15. The van der Waals surface area contributed by atoms with Gasteiger partial charge in [-0.2, -0.15) is 0 Å². The number of nitrogens with one attached hydrogen (secondary N) is 1. The third kappa shape index (κ3) is 4.81. The molecule has 1 aromatic carbocycles. The van der Waals surface area contributed by atoms with Crippen molar-refractivity contribution < 1.29 is 9.59 Å². The second kappa shape index (κ2) is 8.16. The molecule has 7 heteroatoms. The fourth-order valence-electron chi connectivity index (χ4n) is 3.26. The number of carbonyl (C=O) groups excluding carboxylic acids is 2. The summed E-state index contributed by atoms with van der Waals surface area (Å²) in [6.45, 7) is 5.16. The van der Waals surface area contributed by atoms with Crippen LogP contribution in [0.3, 0.4) is 0 Å². The zero-order valence-electron chi connectivity index (χ0n) is 15.7. The van der Waals surface area contributed by atoms with E-state index in [1.165, 1.54) is 0 Å². The molecule has 3 N–H and O–H groups in total. The van der Waals surface area contributed by atoms with Gasteiger partial charge in [-0.3, -0.25) is 9.59 Å². The highest BCUT2D eigenvalue weighted by atomic mass is 16.2. The molecular formula is C20H25N5O2. The fraction of sp³-hybridized carbons (Fsp3) is 0.400. The maximum absolute atomic E-state index is 12.5. The Balaban J connectivity index is 1.60. The van der Waals surface area contributed by atoms with Gasteiger partial charge in [-0.25, -0.2) is 9.97 Å². The summed E-state index contributed by atoms with van der Waals surface area (Å²) in [4.78, 5) is 34.7. The minimum atomic E-state index is -0.292. The fourth-order valence-corrected chi connectivity index (χ4v) is 3.26. The molecule has 2 amide bonds. The second-order valence-corrected chi connectivity index (χ2v) is 7.32. The maximum atomic E-state index is 12.5. The van der Waals surface area contributed by atoms with Gasteiger partial charge in [0.05, 0.1) is 0 Å². The van der Waals surface area contributed by atoms with Gasteiger partial charge in [0.1, 0.15) is 5.69 Å². The van der Waals surface area contributed by atoms with Crippen LogP contribution in [0.15, 0.2) is 36.4 Å². The summed E-state index contributed by atoms with van der Waals surface area (Å²) in [5, 5.41) is 2.88. The molecule has 1 unspecified atom stereocenters. The smallest absolute Gasteiger partial charge is 0.270 e. The predicted molar refractivity (Wildman–Crippen MR) is 104 cm³/mol.